The van der Waals surface area contributed by atoms with Gasteiger partial charge in [-0.15, -0.1) is 12.8 Å². The van der Waals surface area contributed by atoms with Crippen LogP contribution in [-0.2, 0) is 0 Å². The van der Waals surface area contributed by atoms with Crippen molar-refractivity contribution < 1.29 is 0 Å². The summed E-state index contributed by atoms with van der Waals surface area (Å²) in [4.78, 5) is 0. The van der Waals surface area contributed by atoms with Crippen LogP contribution in [0.5, 0.6) is 0 Å². The lowest BCUT2D eigenvalue weighted by Crippen LogP contribution is -1.85. The van der Waals surface area contributed by atoms with Gasteiger partial charge in [0.15, 0.2) is 0 Å². The van der Waals surface area contributed by atoms with Gasteiger partial charge in [0.1, 0.15) is 0 Å². The van der Waals surface area contributed by atoms with Crippen molar-refractivity contribution in [3.8, 4) is 12.8 Å². The van der Waals surface area contributed by atoms with Crippen LogP contribution in [-0.4, -0.2) is 0 Å². The van der Waals surface area contributed by atoms with Crippen molar-refractivity contribution in [1.82, 2.24) is 0 Å². The summed E-state index contributed by atoms with van der Waals surface area (Å²) in [5.41, 5.74) is 0. The van der Waals surface area contributed by atoms with Gasteiger partial charge in [0.05, 0.1) is 0 Å². The topological polar surface area (TPSA) is 0 Å². The second-order valence-corrected chi connectivity index (χ2v) is 1.41. The molecular formula is C8H16. The predicted octanol–water partition coefficient (Wildman–Crippen LogP) is 2.84. The zero-order valence-electron chi connectivity index (χ0n) is 5.98. The Morgan fingerprint density at radius 1 is 0.750 bits per heavy atom. The van der Waals surface area contributed by atoms with Crippen LogP contribution in [0.1, 0.15) is 39.5 Å². The Kier molecular flexibility index (Phi) is 21.0. The van der Waals surface area contributed by atoms with E-state index in [2.05, 4.69) is 12.8 Å². The van der Waals surface area contributed by atoms with Gasteiger partial charge in [-0.1, -0.05) is 39.5 Å². The monoisotopic (exact) mass is 112 g/mol. The van der Waals surface area contributed by atoms with Crippen molar-refractivity contribution in [2.45, 2.75) is 39.5 Å². The summed E-state index contributed by atoms with van der Waals surface area (Å²) < 4.78 is 0. The van der Waals surface area contributed by atoms with E-state index in [9.17, 15) is 0 Å². The summed E-state index contributed by atoms with van der Waals surface area (Å²) in [6.07, 6.45) is 14.0. The summed E-state index contributed by atoms with van der Waals surface area (Å²) in [5.74, 6) is 0. The van der Waals surface area contributed by atoms with Crippen molar-refractivity contribution in [1.29, 1.82) is 0 Å². The first-order chi connectivity index (χ1) is 4.00. The smallest absolute Gasteiger partial charge is 0.0533 e. The molecule has 1 saturated carbocycles. The van der Waals surface area contributed by atoms with Gasteiger partial charge < -0.3 is 0 Å². The zero-order valence-corrected chi connectivity index (χ0v) is 5.98. The number of hydrogen-bond acceptors (Lipinski definition) is 0. The van der Waals surface area contributed by atoms with Crippen molar-refractivity contribution in [3.05, 3.63) is 0 Å². The van der Waals surface area contributed by atoms with Gasteiger partial charge in [0.2, 0.25) is 0 Å². The maximum absolute atomic E-state index is 4.00. The van der Waals surface area contributed by atoms with E-state index in [4.69, 9.17) is 0 Å². The third-order valence-corrected chi connectivity index (χ3v) is 1.000. The van der Waals surface area contributed by atoms with Gasteiger partial charge in [-0.2, -0.15) is 0 Å². The third-order valence-electron chi connectivity index (χ3n) is 1.000. The number of terminal acetylenes is 1. The molecule has 1 fully saturated rings. The SMILES string of the molecule is C#C.C1CCC1.CC. The summed E-state index contributed by atoms with van der Waals surface area (Å²) >= 11 is 0. The molecule has 0 atom stereocenters. The second kappa shape index (κ2) is 16.0. The Balaban J connectivity index is 0. The molecule has 0 aromatic rings. The Labute approximate surface area is 53.3 Å². The molecule has 0 amide bonds. The van der Waals surface area contributed by atoms with E-state index in [0.29, 0.717) is 0 Å². The van der Waals surface area contributed by atoms with Crippen LogP contribution in [0, 0.1) is 12.8 Å². The molecule has 1 aliphatic rings. The molecule has 0 N–H and O–H groups in total. The van der Waals surface area contributed by atoms with Crippen LogP contribution in [0.2, 0.25) is 0 Å². The maximum atomic E-state index is 4.00. The zero-order chi connectivity index (χ0) is 6.83. The summed E-state index contributed by atoms with van der Waals surface area (Å²) in [7, 11) is 0. The highest BCUT2D eigenvalue weighted by Crippen LogP contribution is 2.15. The van der Waals surface area contributed by atoms with Crippen LogP contribution in [0.4, 0.5) is 0 Å². The highest BCUT2D eigenvalue weighted by atomic mass is 14.0. The first kappa shape index (κ1) is 10.5. The predicted molar refractivity (Wildman–Crippen MR) is 39.7 cm³/mol. The molecule has 0 unspecified atom stereocenters. The van der Waals surface area contributed by atoms with Crippen molar-refractivity contribution in [2.24, 2.45) is 0 Å². The molecule has 0 heteroatoms. The molecule has 0 radical (unpaired) electrons. The van der Waals surface area contributed by atoms with Crippen LogP contribution in [0.3, 0.4) is 0 Å². The lowest BCUT2D eigenvalue weighted by atomic mass is 10.0. The van der Waals surface area contributed by atoms with Gasteiger partial charge in [-0.05, 0) is 0 Å². The molecule has 48 valence electrons. The van der Waals surface area contributed by atoms with E-state index in [1.807, 2.05) is 13.8 Å². The second-order valence-electron chi connectivity index (χ2n) is 1.41. The van der Waals surface area contributed by atoms with E-state index in [0.717, 1.165) is 0 Å². The molecule has 0 nitrogen and oxygen atoms in total. The van der Waals surface area contributed by atoms with Crippen molar-refractivity contribution >= 4 is 0 Å². The average Bonchev–Trinajstić information content (AvgIpc) is 1.72. The first-order valence-corrected chi connectivity index (χ1v) is 3.33. The van der Waals surface area contributed by atoms with E-state index in [1.165, 1.54) is 25.7 Å². The molecule has 1 aliphatic carbocycles. The van der Waals surface area contributed by atoms with Crippen LogP contribution in [0.15, 0.2) is 0 Å². The summed E-state index contributed by atoms with van der Waals surface area (Å²) in [5, 5.41) is 0. The molecule has 0 bridgehead atoms. The Bertz CT molecular complexity index is 26.5. The maximum Gasteiger partial charge on any atom is -0.0533 e. The molecule has 0 saturated heterocycles. The fourth-order valence-electron chi connectivity index (χ4n) is 0.250. The van der Waals surface area contributed by atoms with Crippen LogP contribution < -0.4 is 0 Å². The third kappa shape index (κ3) is 9.12. The molecule has 0 aromatic heterocycles. The van der Waals surface area contributed by atoms with Gasteiger partial charge in [-0.3, -0.25) is 0 Å². The number of hydrogen-bond donors (Lipinski definition) is 0. The molecule has 0 heterocycles. The lowest BCUT2D eigenvalue weighted by molar-refractivity contribution is 0.504. The quantitative estimate of drug-likeness (QED) is 0.423. The molecule has 8 heavy (non-hydrogen) atoms. The standard InChI is InChI=1S/C4H8.C2H6.C2H2/c1-2-4-3-1;2*1-2/h1-4H2;1-2H3;1-2H. The van der Waals surface area contributed by atoms with Crippen molar-refractivity contribution in [2.75, 3.05) is 0 Å². The lowest BCUT2D eigenvalue weighted by Gasteiger charge is -2.05. The van der Waals surface area contributed by atoms with E-state index < -0.39 is 0 Å². The highest BCUT2D eigenvalue weighted by Gasteiger charge is 1.95. The molecule has 0 aliphatic heterocycles. The Morgan fingerprint density at radius 2 is 0.875 bits per heavy atom. The Morgan fingerprint density at radius 3 is 0.875 bits per heavy atom. The number of rotatable bonds is 0. The van der Waals surface area contributed by atoms with E-state index >= 15 is 0 Å². The van der Waals surface area contributed by atoms with Gasteiger partial charge >= 0.3 is 0 Å². The van der Waals surface area contributed by atoms with Gasteiger partial charge in [0, 0.05) is 0 Å². The minimum atomic E-state index is 1.50. The fraction of sp³-hybridized carbons (Fsp3) is 0.750. The Hall–Kier alpha value is -0.440. The molecular weight excluding hydrogens is 96.1 g/mol. The fourth-order valence-corrected chi connectivity index (χ4v) is 0.250. The first-order valence-electron chi connectivity index (χ1n) is 3.33. The van der Waals surface area contributed by atoms with Crippen molar-refractivity contribution in [3.63, 3.8) is 0 Å². The van der Waals surface area contributed by atoms with E-state index in [1.54, 1.807) is 0 Å². The van der Waals surface area contributed by atoms with Crippen LogP contribution >= 0.6 is 0 Å². The highest BCUT2D eigenvalue weighted by molar-refractivity contribution is 4.50. The van der Waals surface area contributed by atoms with Gasteiger partial charge in [-0.25, -0.2) is 0 Å². The largest absolute Gasteiger partial charge is 0.124 e. The van der Waals surface area contributed by atoms with E-state index in [-0.39, 0.29) is 0 Å². The summed E-state index contributed by atoms with van der Waals surface area (Å²) in [6, 6.07) is 0. The van der Waals surface area contributed by atoms with Crippen LogP contribution in [0.25, 0.3) is 0 Å². The van der Waals surface area contributed by atoms with Gasteiger partial charge in [0.25, 0.3) is 0 Å². The molecule has 1 rings (SSSR count). The minimum absolute atomic E-state index is 1.50. The average molecular weight is 112 g/mol. The summed E-state index contributed by atoms with van der Waals surface area (Å²) in [6.45, 7) is 4.00. The normalized spacial score (nSPS) is 13.0. The molecule has 0 aromatic carbocycles. The molecule has 0 spiro atoms. The minimum Gasteiger partial charge on any atom is -0.124 e.